The van der Waals surface area contributed by atoms with Gasteiger partial charge in [0.1, 0.15) is 11.2 Å². The van der Waals surface area contributed by atoms with Crippen LogP contribution < -0.4 is 4.90 Å². The maximum atomic E-state index is 12.5. The first-order valence-electron chi connectivity index (χ1n) is 6.12. The quantitative estimate of drug-likeness (QED) is 0.814. The largest absolute Gasteiger partial charge is 0.506 e. The van der Waals surface area contributed by atoms with Gasteiger partial charge in [-0.25, -0.2) is 0 Å². The summed E-state index contributed by atoms with van der Waals surface area (Å²) in [6, 6.07) is 8.63. The fourth-order valence-corrected chi connectivity index (χ4v) is 1.90. The lowest BCUT2D eigenvalue weighted by atomic mass is 9.93. The Morgan fingerprint density at radius 3 is 2.63 bits per heavy atom. The molecule has 1 N–H and O–H groups in total. The van der Waals surface area contributed by atoms with Crippen molar-refractivity contribution in [2.75, 3.05) is 17.2 Å². The highest BCUT2D eigenvalue weighted by atomic mass is 32.1. The van der Waals surface area contributed by atoms with E-state index in [0.29, 0.717) is 12.2 Å². The van der Waals surface area contributed by atoms with Gasteiger partial charge in [-0.05, 0) is 25.5 Å². The highest BCUT2D eigenvalue weighted by molar-refractivity contribution is 7.80. The number of nitriles is 1. The van der Waals surface area contributed by atoms with Gasteiger partial charge in [-0.2, -0.15) is 17.9 Å². The summed E-state index contributed by atoms with van der Waals surface area (Å²) in [6.07, 6.45) is 0.730. The first kappa shape index (κ1) is 15.4. The topological polar surface area (TPSA) is 64.3 Å². The second kappa shape index (κ2) is 6.48. The number of amides is 1. The van der Waals surface area contributed by atoms with E-state index in [1.54, 1.807) is 25.1 Å². The summed E-state index contributed by atoms with van der Waals surface area (Å²) < 4.78 is 0. The van der Waals surface area contributed by atoms with Gasteiger partial charge in [-0.1, -0.05) is 19.1 Å². The van der Waals surface area contributed by atoms with Crippen molar-refractivity contribution in [3.05, 3.63) is 24.3 Å². The summed E-state index contributed by atoms with van der Waals surface area (Å²) >= 11 is 4.09. The number of anilines is 1. The number of thiol groups is 1. The molecule has 0 heterocycles. The zero-order valence-corrected chi connectivity index (χ0v) is 12.0. The van der Waals surface area contributed by atoms with Crippen molar-refractivity contribution < 1.29 is 9.90 Å². The number of rotatable bonds is 5. The number of para-hydroxylation sites is 2. The fourth-order valence-electron chi connectivity index (χ4n) is 1.70. The molecule has 1 atom stereocenters. The van der Waals surface area contributed by atoms with E-state index in [1.165, 1.54) is 11.0 Å². The minimum Gasteiger partial charge on any atom is -0.506 e. The third-order valence-electron chi connectivity index (χ3n) is 2.90. The van der Waals surface area contributed by atoms with Crippen LogP contribution in [-0.4, -0.2) is 23.3 Å². The summed E-state index contributed by atoms with van der Waals surface area (Å²) in [5, 5.41) is 19.1. The van der Waals surface area contributed by atoms with Gasteiger partial charge in [0.05, 0.1) is 11.8 Å². The maximum Gasteiger partial charge on any atom is 0.248 e. The number of carbonyl (C=O) groups is 1. The van der Waals surface area contributed by atoms with Crippen molar-refractivity contribution in [1.82, 2.24) is 0 Å². The summed E-state index contributed by atoms with van der Waals surface area (Å²) in [7, 11) is 0. The molecule has 1 unspecified atom stereocenters. The Morgan fingerprint density at radius 2 is 2.16 bits per heavy atom. The third-order valence-corrected chi connectivity index (χ3v) is 3.53. The van der Waals surface area contributed by atoms with Gasteiger partial charge in [0.2, 0.25) is 5.91 Å². The zero-order valence-electron chi connectivity index (χ0n) is 11.1. The lowest BCUT2D eigenvalue weighted by Gasteiger charge is -2.29. The highest BCUT2D eigenvalue weighted by Gasteiger charge is 2.36. The average Bonchev–Trinajstić information content (AvgIpc) is 2.44. The van der Waals surface area contributed by atoms with Crippen molar-refractivity contribution in [2.24, 2.45) is 5.41 Å². The van der Waals surface area contributed by atoms with E-state index >= 15 is 0 Å². The molecule has 0 aromatic heterocycles. The van der Waals surface area contributed by atoms with Gasteiger partial charge in [0, 0.05) is 12.3 Å². The molecule has 0 aliphatic heterocycles. The standard InChI is InChI=1S/C14H18N2O2S/c1-3-8-16(11-6-4-5-7-12(11)17)13(18)14(2,9-15)10-19/h4-7,17,19H,3,8,10H2,1-2H3. The molecule has 0 fully saturated rings. The molecule has 0 aliphatic carbocycles. The predicted molar refractivity (Wildman–Crippen MR) is 78.3 cm³/mol. The average molecular weight is 278 g/mol. The summed E-state index contributed by atoms with van der Waals surface area (Å²) in [4.78, 5) is 14.0. The minimum atomic E-state index is -1.19. The summed E-state index contributed by atoms with van der Waals surface area (Å²) in [5.74, 6) is -0.173. The highest BCUT2D eigenvalue weighted by Crippen LogP contribution is 2.31. The molecule has 0 aliphatic rings. The normalized spacial score (nSPS) is 13.4. The third kappa shape index (κ3) is 3.21. The number of hydrogen-bond acceptors (Lipinski definition) is 4. The van der Waals surface area contributed by atoms with Crippen LogP contribution in [0.4, 0.5) is 5.69 Å². The van der Waals surface area contributed by atoms with Gasteiger partial charge < -0.3 is 10.0 Å². The maximum absolute atomic E-state index is 12.5. The first-order valence-corrected chi connectivity index (χ1v) is 6.75. The molecule has 5 heteroatoms. The van der Waals surface area contributed by atoms with Crippen LogP contribution in [0.1, 0.15) is 20.3 Å². The Balaban J connectivity index is 3.20. The Morgan fingerprint density at radius 1 is 1.53 bits per heavy atom. The van der Waals surface area contributed by atoms with Gasteiger partial charge in [0.25, 0.3) is 0 Å². The van der Waals surface area contributed by atoms with Gasteiger partial charge in [-0.3, -0.25) is 4.79 Å². The van der Waals surface area contributed by atoms with Crippen molar-refractivity contribution in [1.29, 1.82) is 5.26 Å². The lowest BCUT2D eigenvalue weighted by molar-refractivity contribution is -0.123. The van der Waals surface area contributed by atoms with Crippen LogP contribution in [0.25, 0.3) is 0 Å². The van der Waals surface area contributed by atoms with Crippen LogP contribution in [0.5, 0.6) is 5.75 Å². The van der Waals surface area contributed by atoms with Crippen molar-refractivity contribution in [2.45, 2.75) is 20.3 Å². The van der Waals surface area contributed by atoms with Crippen LogP contribution in [0, 0.1) is 16.7 Å². The second-order valence-electron chi connectivity index (χ2n) is 4.55. The molecule has 0 saturated heterocycles. The number of carbonyl (C=O) groups excluding carboxylic acids is 1. The molecule has 102 valence electrons. The Bertz CT molecular complexity index is 498. The summed E-state index contributed by atoms with van der Waals surface area (Å²) in [6.45, 7) is 3.94. The van der Waals surface area contributed by atoms with Crippen LogP contribution in [-0.2, 0) is 4.79 Å². The van der Waals surface area contributed by atoms with E-state index in [9.17, 15) is 15.2 Å². The van der Waals surface area contributed by atoms with E-state index in [-0.39, 0.29) is 17.4 Å². The molecule has 0 radical (unpaired) electrons. The number of hydrogen-bond donors (Lipinski definition) is 2. The Hall–Kier alpha value is -1.67. The molecule has 0 saturated carbocycles. The van der Waals surface area contributed by atoms with Crippen LogP contribution >= 0.6 is 12.6 Å². The van der Waals surface area contributed by atoms with Gasteiger partial charge in [0.15, 0.2) is 0 Å². The fraction of sp³-hybridized carbons (Fsp3) is 0.429. The molecule has 1 aromatic carbocycles. The number of phenols is 1. The molecule has 1 aromatic rings. The van der Waals surface area contributed by atoms with Crippen LogP contribution in [0.15, 0.2) is 24.3 Å². The first-order chi connectivity index (χ1) is 9.00. The van der Waals surface area contributed by atoms with Crippen LogP contribution in [0.3, 0.4) is 0 Å². The van der Waals surface area contributed by atoms with E-state index < -0.39 is 5.41 Å². The van der Waals surface area contributed by atoms with Gasteiger partial charge in [-0.15, -0.1) is 0 Å². The monoisotopic (exact) mass is 278 g/mol. The van der Waals surface area contributed by atoms with Crippen molar-refractivity contribution in [3.8, 4) is 11.8 Å². The lowest BCUT2D eigenvalue weighted by Crippen LogP contribution is -2.43. The van der Waals surface area contributed by atoms with E-state index in [4.69, 9.17) is 0 Å². The van der Waals surface area contributed by atoms with E-state index in [2.05, 4.69) is 12.6 Å². The number of nitrogens with zero attached hydrogens (tertiary/aromatic N) is 2. The zero-order chi connectivity index (χ0) is 14.5. The molecule has 19 heavy (non-hydrogen) atoms. The van der Waals surface area contributed by atoms with Crippen molar-refractivity contribution in [3.63, 3.8) is 0 Å². The summed E-state index contributed by atoms with van der Waals surface area (Å²) in [5.41, 5.74) is -0.766. The predicted octanol–water partition coefficient (Wildman–Crippen LogP) is 2.59. The molecule has 0 bridgehead atoms. The number of aromatic hydroxyl groups is 1. The van der Waals surface area contributed by atoms with Crippen LogP contribution in [0.2, 0.25) is 0 Å². The molecular weight excluding hydrogens is 260 g/mol. The molecular formula is C14H18N2O2S. The molecule has 1 amide bonds. The molecule has 1 rings (SSSR count). The molecule has 0 spiro atoms. The van der Waals surface area contributed by atoms with E-state index in [1.807, 2.05) is 13.0 Å². The smallest absolute Gasteiger partial charge is 0.248 e. The van der Waals surface area contributed by atoms with E-state index in [0.717, 1.165) is 6.42 Å². The number of phenolic OH excluding ortho intramolecular Hbond substituents is 1. The number of benzene rings is 1. The van der Waals surface area contributed by atoms with Gasteiger partial charge >= 0.3 is 0 Å². The molecule has 4 nitrogen and oxygen atoms in total. The SMILES string of the molecule is CCCN(C(=O)C(C)(C#N)CS)c1ccccc1O. The second-order valence-corrected chi connectivity index (χ2v) is 4.86. The minimum absolute atomic E-state index is 0.0313. The van der Waals surface area contributed by atoms with Crippen molar-refractivity contribution >= 4 is 24.2 Å². The Kier molecular flexibility index (Phi) is 5.25. The Labute approximate surface area is 119 Å².